The second kappa shape index (κ2) is 11.6. The van der Waals surface area contributed by atoms with Crippen LogP contribution in [-0.4, -0.2) is 17.4 Å². The van der Waals surface area contributed by atoms with Crippen molar-refractivity contribution in [3.8, 4) is 0 Å². The Morgan fingerprint density at radius 2 is 1.22 bits per heavy atom. The highest BCUT2D eigenvalue weighted by Crippen LogP contribution is 2.10. The summed E-state index contributed by atoms with van der Waals surface area (Å²) in [5.41, 5.74) is -1.00. The van der Waals surface area contributed by atoms with Gasteiger partial charge in [-0.05, 0) is 20.3 Å². The van der Waals surface area contributed by atoms with Gasteiger partial charge in [-0.25, -0.2) is 0 Å². The Morgan fingerprint density at radius 1 is 0.778 bits per heavy atom. The Kier molecular flexibility index (Phi) is 11.4. The molecule has 18 heavy (non-hydrogen) atoms. The van der Waals surface area contributed by atoms with Crippen LogP contribution in [0.3, 0.4) is 0 Å². The summed E-state index contributed by atoms with van der Waals surface area (Å²) in [7, 11) is 0. The topological polar surface area (TPSA) is 45.0 Å². The lowest BCUT2D eigenvalue weighted by atomic mass is 10.1. The van der Waals surface area contributed by atoms with Gasteiger partial charge in [0, 0.05) is 0 Å². The first-order valence-corrected chi connectivity index (χ1v) is 7.67. The molecule has 0 aromatic rings. The molecule has 0 heterocycles. The first-order valence-electron chi connectivity index (χ1n) is 7.67. The van der Waals surface area contributed by atoms with Crippen LogP contribution in [0, 0.1) is 0 Å². The second-order valence-electron chi connectivity index (χ2n) is 5.64. The average molecular weight is 256 g/mol. The van der Waals surface area contributed by atoms with E-state index in [-0.39, 0.29) is 0 Å². The maximum Gasteiger partial charge on any atom is 0.170 e. The van der Waals surface area contributed by atoms with Crippen LogP contribution in [0.4, 0.5) is 0 Å². The van der Waals surface area contributed by atoms with Gasteiger partial charge in [0.05, 0.1) is 6.54 Å². The van der Waals surface area contributed by atoms with Crippen LogP contribution in [0.15, 0.2) is 10.2 Å². The van der Waals surface area contributed by atoms with E-state index in [1.54, 1.807) is 13.8 Å². The molecule has 0 fully saturated rings. The molecule has 0 spiro atoms. The number of hydrogen-bond acceptors (Lipinski definition) is 3. The van der Waals surface area contributed by atoms with Crippen molar-refractivity contribution in [3.05, 3.63) is 0 Å². The van der Waals surface area contributed by atoms with Crippen molar-refractivity contribution in [3.63, 3.8) is 0 Å². The SMILES string of the molecule is CCCCCCCCCCCCN=NC(C)(C)O. The highest BCUT2D eigenvalue weighted by molar-refractivity contribution is 4.57. The molecule has 3 heteroatoms. The van der Waals surface area contributed by atoms with Crippen molar-refractivity contribution in [2.75, 3.05) is 6.54 Å². The van der Waals surface area contributed by atoms with Gasteiger partial charge in [0.25, 0.3) is 0 Å². The van der Waals surface area contributed by atoms with Gasteiger partial charge < -0.3 is 5.11 Å². The minimum absolute atomic E-state index is 0.750. The van der Waals surface area contributed by atoms with Crippen LogP contribution in [0.5, 0.6) is 0 Å². The molecule has 0 aliphatic carbocycles. The number of rotatable bonds is 12. The van der Waals surface area contributed by atoms with E-state index in [2.05, 4.69) is 17.2 Å². The van der Waals surface area contributed by atoms with Gasteiger partial charge in [-0.1, -0.05) is 64.7 Å². The van der Waals surface area contributed by atoms with Crippen molar-refractivity contribution >= 4 is 0 Å². The van der Waals surface area contributed by atoms with Gasteiger partial charge in [0.15, 0.2) is 5.72 Å². The molecule has 0 saturated carbocycles. The van der Waals surface area contributed by atoms with E-state index >= 15 is 0 Å². The minimum Gasteiger partial charge on any atom is -0.368 e. The molecule has 0 aromatic heterocycles. The van der Waals surface area contributed by atoms with Gasteiger partial charge in [-0.3, -0.25) is 0 Å². The molecule has 0 saturated heterocycles. The number of azo groups is 1. The normalized spacial score (nSPS) is 12.4. The van der Waals surface area contributed by atoms with E-state index in [1.807, 2.05) is 0 Å². The summed E-state index contributed by atoms with van der Waals surface area (Å²) < 4.78 is 0. The molecule has 0 aliphatic heterocycles. The van der Waals surface area contributed by atoms with Crippen LogP contribution in [-0.2, 0) is 0 Å². The van der Waals surface area contributed by atoms with E-state index in [0.717, 1.165) is 13.0 Å². The van der Waals surface area contributed by atoms with Gasteiger partial charge in [0.1, 0.15) is 0 Å². The lowest BCUT2D eigenvalue weighted by Gasteiger charge is -2.07. The Balaban J connectivity index is 3.10. The molecule has 0 atom stereocenters. The van der Waals surface area contributed by atoms with E-state index in [9.17, 15) is 5.11 Å². The third-order valence-electron chi connectivity index (χ3n) is 2.93. The van der Waals surface area contributed by atoms with Crippen LogP contribution in [0.1, 0.15) is 85.0 Å². The van der Waals surface area contributed by atoms with Crippen LogP contribution in [0.2, 0.25) is 0 Å². The molecule has 0 rings (SSSR count). The average Bonchev–Trinajstić information content (AvgIpc) is 2.29. The summed E-state index contributed by atoms with van der Waals surface area (Å²) in [6.07, 6.45) is 13.3. The Labute approximate surface area is 113 Å². The zero-order valence-electron chi connectivity index (χ0n) is 12.6. The third-order valence-corrected chi connectivity index (χ3v) is 2.93. The summed E-state index contributed by atoms with van der Waals surface area (Å²) in [6, 6.07) is 0. The largest absolute Gasteiger partial charge is 0.368 e. The molecule has 0 amide bonds. The zero-order valence-corrected chi connectivity index (χ0v) is 12.6. The van der Waals surface area contributed by atoms with Crippen molar-refractivity contribution in [1.82, 2.24) is 0 Å². The van der Waals surface area contributed by atoms with Crippen LogP contribution >= 0.6 is 0 Å². The highest BCUT2D eigenvalue weighted by Gasteiger charge is 2.07. The van der Waals surface area contributed by atoms with Crippen molar-refractivity contribution in [2.45, 2.75) is 90.7 Å². The molecule has 3 nitrogen and oxygen atoms in total. The molecular formula is C15H32N2O. The fraction of sp³-hybridized carbons (Fsp3) is 1.00. The van der Waals surface area contributed by atoms with Crippen LogP contribution < -0.4 is 0 Å². The summed E-state index contributed by atoms with van der Waals surface area (Å²) in [5, 5.41) is 17.1. The monoisotopic (exact) mass is 256 g/mol. The molecule has 0 aromatic carbocycles. The lowest BCUT2D eigenvalue weighted by Crippen LogP contribution is -2.13. The number of unbranched alkanes of at least 4 members (excludes halogenated alkanes) is 9. The Morgan fingerprint density at radius 3 is 1.67 bits per heavy atom. The molecule has 108 valence electrons. The number of hydrogen-bond donors (Lipinski definition) is 1. The minimum atomic E-state index is -1.00. The lowest BCUT2D eigenvalue weighted by molar-refractivity contribution is 0.0815. The van der Waals surface area contributed by atoms with Crippen LogP contribution in [0.25, 0.3) is 0 Å². The molecule has 0 aliphatic rings. The summed E-state index contributed by atoms with van der Waals surface area (Å²) in [5.74, 6) is 0. The Bertz CT molecular complexity index is 197. The van der Waals surface area contributed by atoms with Crippen molar-refractivity contribution in [1.29, 1.82) is 0 Å². The fourth-order valence-corrected chi connectivity index (χ4v) is 1.89. The predicted octanol–water partition coefficient (Wildman–Crippen LogP) is 5.09. The summed E-state index contributed by atoms with van der Waals surface area (Å²) >= 11 is 0. The third kappa shape index (κ3) is 15.6. The van der Waals surface area contributed by atoms with E-state index in [4.69, 9.17) is 0 Å². The highest BCUT2D eigenvalue weighted by atomic mass is 16.3. The number of aliphatic hydroxyl groups is 1. The maximum absolute atomic E-state index is 9.32. The van der Waals surface area contributed by atoms with E-state index in [1.165, 1.54) is 57.8 Å². The summed E-state index contributed by atoms with van der Waals surface area (Å²) in [6.45, 7) is 6.31. The molecule has 1 N–H and O–H groups in total. The van der Waals surface area contributed by atoms with Gasteiger partial charge in [0.2, 0.25) is 0 Å². The fourth-order valence-electron chi connectivity index (χ4n) is 1.89. The quantitative estimate of drug-likeness (QED) is 0.384. The smallest absolute Gasteiger partial charge is 0.170 e. The van der Waals surface area contributed by atoms with E-state index < -0.39 is 5.72 Å². The zero-order chi connectivity index (χ0) is 13.7. The first kappa shape index (κ1) is 17.6. The summed E-state index contributed by atoms with van der Waals surface area (Å²) in [4.78, 5) is 0. The molecule has 0 bridgehead atoms. The predicted molar refractivity (Wildman–Crippen MR) is 77.9 cm³/mol. The second-order valence-corrected chi connectivity index (χ2v) is 5.64. The standard InChI is InChI=1S/C15H32N2O/c1-4-5-6-7-8-9-10-11-12-13-14-16-17-15(2,3)18/h18H,4-14H2,1-3H3. The molecule has 0 unspecified atom stereocenters. The van der Waals surface area contributed by atoms with Gasteiger partial charge in [-0.15, -0.1) is 0 Å². The number of nitrogens with zero attached hydrogens (tertiary/aromatic N) is 2. The van der Waals surface area contributed by atoms with E-state index in [0.29, 0.717) is 0 Å². The van der Waals surface area contributed by atoms with Crippen molar-refractivity contribution < 1.29 is 5.11 Å². The Hall–Kier alpha value is -0.440. The van der Waals surface area contributed by atoms with Crippen molar-refractivity contribution in [2.24, 2.45) is 10.2 Å². The molecule has 0 radical (unpaired) electrons. The van der Waals surface area contributed by atoms with Gasteiger partial charge >= 0.3 is 0 Å². The molecular weight excluding hydrogens is 224 g/mol. The first-order chi connectivity index (χ1) is 8.56. The van der Waals surface area contributed by atoms with Gasteiger partial charge in [-0.2, -0.15) is 10.2 Å². The maximum atomic E-state index is 9.32.